The molecule has 1 unspecified atom stereocenters. The van der Waals surface area contributed by atoms with Crippen molar-refractivity contribution in [3.8, 4) is 0 Å². The first kappa shape index (κ1) is 15.9. The van der Waals surface area contributed by atoms with Crippen molar-refractivity contribution in [1.82, 2.24) is 5.32 Å². The lowest BCUT2D eigenvalue weighted by molar-refractivity contribution is -0.122. The normalized spacial score (nSPS) is 12.0. The van der Waals surface area contributed by atoms with E-state index in [2.05, 4.69) is 5.32 Å². The maximum absolute atomic E-state index is 12.3. The van der Waals surface area contributed by atoms with Gasteiger partial charge in [0.15, 0.2) is 0 Å². The molecule has 110 valence electrons. The van der Waals surface area contributed by atoms with Crippen LogP contribution >= 0.6 is 23.2 Å². The Hall–Kier alpha value is -1.51. The van der Waals surface area contributed by atoms with Crippen molar-refractivity contribution < 1.29 is 4.79 Å². The van der Waals surface area contributed by atoms with Crippen molar-refractivity contribution >= 4 is 29.1 Å². The third kappa shape index (κ3) is 4.23. The Morgan fingerprint density at radius 1 is 1.14 bits per heavy atom. The number of carbonyl (C=O) groups excluding carboxylic acids is 1. The SMILES string of the molecule is CCC(C(=O)NCc1ccc(Cl)cc1Cl)c1ccccc1. The van der Waals surface area contributed by atoms with Crippen LogP contribution in [-0.4, -0.2) is 5.91 Å². The lowest BCUT2D eigenvalue weighted by Crippen LogP contribution is -2.28. The number of benzene rings is 2. The summed E-state index contributed by atoms with van der Waals surface area (Å²) in [6, 6.07) is 15.1. The molecule has 4 heteroatoms. The van der Waals surface area contributed by atoms with Gasteiger partial charge in [-0.3, -0.25) is 4.79 Å². The Balaban J connectivity index is 2.03. The van der Waals surface area contributed by atoms with Gasteiger partial charge in [-0.1, -0.05) is 66.5 Å². The molecule has 1 amide bonds. The van der Waals surface area contributed by atoms with Crippen molar-refractivity contribution in [2.75, 3.05) is 0 Å². The van der Waals surface area contributed by atoms with E-state index in [-0.39, 0.29) is 11.8 Å². The van der Waals surface area contributed by atoms with E-state index in [0.717, 1.165) is 17.5 Å². The van der Waals surface area contributed by atoms with Crippen LogP contribution in [0.2, 0.25) is 10.0 Å². The summed E-state index contributed by atoms with van der Waals surface area (Å²) in [6.45, 7) is 2.41. The highest BCUT2D eigenvalue weighted by atomic mass is 35.5. The first-order chi connectivity index (χ1) is 10.1. The fourth-order valence-corrected chi connectivity index (χ4v) is 2.70. The van der Waals surface area contributed by atoms with Gasteiger partial charge in [-0.05, 0) is 29.7 Å². The van der Waals surface area contributed by atoms with Gasteiger partial charge in [0.05, 0.1) is 5.92 Å². The first-order valence-electron chi connectivity index (χ1n) is 6.88. The molecule has 2 nitrogen and oxygen atoms in total. The summed E-state index contributed by atoms with van der Waals surface area (Å²) >= 11 is 12.0. The van der Waals surface area contributed by atoms with Gasteiger partial charge in [0.1, 0.15) is 0 Å². The first-order valence-corrected chi connectivity index (χ1v) is 7.64. The number of rotatable bonds is 5. The van der Waals surface area contributed by atoms with Gasteiger partial charge in [0.25, 0.3) is 0 Å². The summed E-state index contributed by atoms with van der Waals surface area (Å²) < 4.78 is 0. The summed E-state index contributed by atoms with van der Waals surface area (Å²) in [5, 5.41) is 4.10. The molecule has 0 aliphatic rings. The van der Waals surface area contributed by atoms with Gasteiger partial charge < -0.3 is 5.32 Å². The fraction of sp³-hybridized carbons (Fsp3) is 0.235. The van der Waals surface area contributed by atoms with Gasteiger partial charge in [-0.25, -0.2) is 0 Å². The Bertz CT molecular complexity index is 613. The molecule has 1 N–H and O–H groups in total. The van der Waals surface area contributed by atoms with Crippen LogP contribution in [0.5, 0.6) is 0 Å². The molecular weight excluding hydrogens is 305 g/mol. The number of halogens is 2. The lowest BCUT2D eigenvalue weighted by Gasteiger charge is -2.16. The van der Waals surface area contributed by atoms with Crippen LogP contribution in [0, 0.1) is 0 Å². The maximum Gasteiger partial charge on any atom is 0.227 e. The molecule has 0 bridgehead atoms. The molecule has 0 saturated carbocycles. The lowest BCUT2D eigenvalue weighted by atomic mass is 9.95. The highest BCUT2D eigenvalue weighted by Gasteiger charge is 2.18. The minimum atomic E-state index is -0.141. The molecule has 1 atom stereocenters. The maximum atomic E-state index is 12.3. The minimum absolute atomic E-state index is 0.00900. The number of amides is 1. The molecule has 0 aliphatic carbocycles. The van der Waals surface area contributed by atoms with Crippen molar-refractivity contribution in [2.24, 2.45) is 0 Å². The molecular formula is C17H17Cl2NO. The summed E-state index contributed by atoms with van der Waals surface area (Å²) in [4.78, 5) is 12.3. The molecule has 0 radical (unpaired) electrons. The van der Waals surface area contributed by atoms with E-state index in [4.69, 9.17) is 23.2 Å². The molecule has 0 heterocycles. The Morgan fingerprint density at radius 2 is 1.86 bits per heavy atom. The van der Waals surface area contributed by atoms with Crippen LogP contribution in [0.3, 0.4) is 0 Å². The van der Waals surface area contributed by atoms with Crippen LogP contribution < -0.4 is 5.32 Å². The van der Waals surface area contributed by atoms with Crippen molar-refractivity contribution in [3.05, 3.63) is 69.7 Å². The van der Waals surface area contributed by atoms with Gasteiger partial charge in [0, 0.05) is 16.6 Å². The third-order valence-corrected chi connectivity index (χ3v) is 3.98. The quantitative estimate of drug-likeness (QED) is 0.841. The smallest absolute Gasteiger partial charge is 0.227 e. The van der Waals surface area contributed by atoms with Crippen LogP contribution in [-0.2, 0) is 11.3 Å². The molecule has 0 spiro atoms. The fourth-order valence-electron chi connectivity index (χ4n) is 2.23. The van der Waals surface area contributed by atoms with Crippen molar-refractivity contribution in [3.63, 3.8) is 0 Å². The molecule has 0 aromatic heterocycles. The molecule has 2 aromatic carbocycles. The molecule has 0 saturated heterocycles. The van der Waals surface area contributed by atoms with E-state index >= 15 is 0 Å². The predicted octanol–water partition coefficient (Wildman–Crippen LogP) is 4.80. The van der Waals surface area contributed by atoms with E-state index in [1.54, 1.807) is 12.1 Å². The van der Waals surface area contributed by atoms with E-state index < -0.39 is 0 Å². The zero-order valence-electron chi connectivity index (χ0n) is 11.8. The molecule has 0 aliphatic heterocycles. The van der Waals surface area contributed by atoms with E-state index in [1.807, 2.05) is 43.3 Å². The average molecular weight is 322 g/mol. The molecule has 0 fully saturated rings. The monoisotopic (exact) mass is 321 g/mol. The number of hydrogen-bond donors (Lipinski definition) is 1. The van der Waals surface area contributed by atoms with Crippen LogP contribution in [0.25, 0.3) is 0 Å². The summed E-state index contributed by atoms with van der Waals surface area (Å²) in [7, 11) is 0. The van der Waals surface area contributed by atoms with Crippen molar-refractivity contribution in [1.29, 1.82) is 0 Å². The third-order valence-electron chi connectivity index (χ3n) is 3.39. The number of hydrogen-bond acceptors (Lipinski definition) is 1. The highest BCUT2D eigenvalue weighted by molar-refractivity contribution is 6.35. The predicted molar refractivity (Wildman–Crippen MR) is 87.8 cm³/mol. The second-order valence-electron chi connectivity index (χ2n) is 4.83. The molecule has 2 rings (SSSR count). The Kier molecular flexibility index (Phi) is 5.66. The van der Waals surface area contributed by atoms with Crippen LogP contribution in [0.15, 0.2) is 48.5 Å². The second kappa shape index (κ2) is 7.48. The summed E-state index contributed by atoms with van der Waals surface area (Å²) in [5.41, 5.74) is 1.89. The Labute approximate surface area is 135 Å². The van der Waals surface area contributed by atoms with E-state index in [1.165, 1.54) is 0 Å². The summed E-state index contributed by atoms with van der Waals surface area (Å²) in [5.74, 6) is -0.132. The number of carbonyl (C=O) groups is 1. The van der Waals surface area contributed by atoms with E-state index in [0.29, 0.717) is 16.6 Å². The standard InChI is InChI=1S/C17H17Cl2NO/c1-2-15(12-6-4-3-5-7-12)17(21)20-11-13-8-9-14(18)10-16(13)19/h3-10,15H,2,11H2,1H3,(H,20,21). The second-order valence-corrected chi connectivity index (χ2v) is 5.67. The topological polar surface area (TPSA) is 29.1 Å². The van der Waals surface area contributed by atoms with Gasteiger partial charge in [-0.15, -0.1) is 0 Å². The van der Waals surface area contributed by atoms with Gasteiger partial charge in [-0.2, -0.15) is 0 Å². The number of nitrogens with one attached hydrogen (secondary N) is 1. The minimum Gasteiger partial charge on any atom is -0.351 e. The highest BCUT2D eigenvalue weighted by Crippen LogP contribution is 2.22. The zero-order valence-corrected chi connectivity index (χ0v) is 13.3. The van der Waals surface area contributed by atoms with E-state index in [9.17, 15) is 4.79 Å². The zero-order chi connectivity index (χ0) is 15.2. The van der Waals surface area contributed by atoms with Crippen LogP contribution in [0.4, 0.5) is 0 Å². The largest absolute Gasteiger partial charge is 0.351 e. The van der Waals surface area contributed by atoms with Gasteiger partial charge in [0.2, 0.25) is 5.91 Å². The van der Waals surface area contributed by atoms with Crippen molar-refractivity contribution in [2.45, 2.75) is 25.8 Å². The van der Waals surface area contributed by atoms with Crippen LogP contribution in [0.1, 0.15) is 30.4 Å². The van der Waals surface area contributed by atoms with Gasteiger partial charge >= 0.3 is 0 Å². The Morgan fingerprint density at radius 3 is 2.48 bits per heavy atom. The average Bonchev–Trinajstić information content (AvgIpc) is 2.48. The summed E-state index contributed by atoms with van der Waals surface area (Å²) in [6.07, 6.45) is 0.754. The molecule has 2 aromatic rings. The molecule has 21 heavy (non-hydrogen) atoms.